The van der Waals surface area contributed by atoms with E-state index in [9.17, 15) is 4.79 Å². The summed E-state index contributed by atoms with van der Waals surface area (Å²) in [5, 5.41) is 2.78. The van der Waals surface area contributed by atoms with Crippen molar-refractivity contribution in [2.75, 3.05) is 13.2 Å². The molecule has 0 fully saturated rings. The summed E-state index contributed by atoms with van der Waals surface area (Å²) in [4.78, 5) is 11.1. The van der Waals surface area contributed by atoms with Crippen LogP contribution in [0.5, 0.6) is 0 Å². The number of nitrogens with one attached hydrogen (secondary N) is 1. The van der Waals surface area contributed by atoms with E-state index in [0.29, 0.717) is 19.6 Å². The zero-order chi connectivity index (χ0) is 10.3. The van der Waals surface area contributed by atoms with E-state index in [4.69, 9.17) is 10.5 Å². The topological polar surface area (TPSA) is 64.3 Å². The van der Waals surface area contributed by atoms with E-state index in [1.54, 1.807) is 0 Å². The summed E-state index contributed by atoms with van der Waals surface area (Å²) in [6, 6.07) is 0.194. The van der Waals surface area contributed by atoms with E-state index >= 15 is 0 Å². The molecule has 0 aliphatic heterocycles. The predicted molar refractivity (Wildman–Crippen MR) is 52.4 cm³/mol. The summed E-state index contributed by atoms with van der Waals surface area (Å²) in [6.45, 7) is 6.69. The van der Waals surface area contributed by atoms with Crippen molar-refractivity contribution in [3.05, 3.63) is 0 Å². The van der Waals surface area contributed by atoms with Crippen LogP contribution in [0.3, 0.4) is 0 Å². The molecule has 0 aliphatic carbocycles. The lowest BCUT2D eigenvalue weighted by atomic mass is 10.3. The van der Waals surface area contributed by atoms with Gasteiger partial charge in [0.25, 0.3) is 0 Å². The Morgan fingerprint density at radius 3 is 2.54 bits per heavy atom. The molecule has 4 nitrogen and oxygen atoms in total. The summed E-state index contributed by atoms with van der Waals surface area (Å²) in [6.07, 6.45) is 0.439. The van der Waals surface area contributed by atoms with Crippen LogP contribution in [0, 0.1) is 0 Å². The molecule has 1 unspecified atom stereocenters. The van der Waals surface area contributed by atoms with Crippen molar-refractivity contribution in [2.45, 2.75) is 39.3 Å². The molecule has 0 aromatic carbocycles. The number of carbonyl (C=O) groups is 1. The van der Waals surface area contributed by atoms with E-state index in [0.717, 1.165) is 0 Å². The minimum atomic E-state index is 0.0271. The first-order chi connectivity index (χ1) is 6.06. The van der Waals surface area contributed by atoms with Crippen LogP contribution < -0.4 is 11.1 Å². The molecule has 0 heterocycles. The zero-order valence-electron chi connectivity index (χ0n) is 8.67. The first kappa shape index (κ1) is 12.4. The Bertz CT molecular complexity index is 149. The summed E-state index contributed by atoms with van der Waals surface area (Å²) in [5.74, 6) is 0.0271. The van der Waals surface area contributed by atoms with Gasteiger partial charge in [-0.1, -0.05) is 0 Å². The quantitative estimate of drug-likeness (QED) is 0.628. The summed E-state index contributed by atoms with van der Waals surface area (Å²) < 4.78 is 5.26. The van der Waals surface area contributed by atoms with Gasteiger partial charge in [-0.2, -0.15) is 0 Å². The Morgan fingerprint density at radius 2 is 2.08 bits per heavy atom. The van der Waals surface area contributed by atoms with Crippen molar-refractivity contribution < 1.29 is 9.53 Å². The molecule has 0 aliphatic rings. The van der Waals surface area contributed by atoms with Gasteiger partial charge in [-0.3, -0.25) is 4.79 Å². The highest BCUT2D eigenvalue weighted by atomic mass is 16.5. The van der Waals surface area contributed by atoms with Crippen LogP contribution >= 0.6 is 0 Å². The van der Waals surface area contributed by atoms with Crippen LogP contribution in [0.2, 0.25) is 0 Å². The van der Waals surface area contributed by atoms with Gasteiger partial charge in [-0.25, -0.2) is 0 Å². The molecular weight excluding hydrogens is 168 g/mol. The maximum Gasteiger partial charge on any atom is 0.222 e. The van der Waals surface area contributed by atoms with Crippen molar-refractivity contribution >= 4 is 5.91 Å². The lowest BCUT2D eigenvalue weighted by molar-refractivity contribution is -0.123. The summed E-state index contributed by atoms with van der Waals surface area (Å²) in [5.41, 5.74) is 5.34. The molecule has 0 saturated heterocycles. The monoisotopic (exact) mass is 188 g/mol. The molecule has 0 aromatic heterocycles. The molecule has 3 N–H and O–H groups in total. The van der Waals surface area contributed by atoms with Crippen molar-refractivity contribution in [3.8, 4) is 0 Å². The summed E-state index contributed by atoms with van der Waals surface area (Å²) >= 11 is 0. The fourth-order valence-corrected chi connectivity index (χ4v) is 0.815. The Kier molecular flexibility index (Phi) is 6.54. The van der Waals surface area contributed by atoms with E-state index in [2.05, 4.69) is 5.32 Å². The second-order valence-corrected chi connectivity index (χ2v) is 3.39. The second kappa shape index (κ2) is 6.86. The number of hydrogen-bond acceptors (Lipinski definition) is 3. The Morgan fingerprint density at radius 1 is 1.46 bits per heavy atom. The minimum Gasteiger partial charge on any atom is -0.377 e. The molecule has 1 amide bonds. The van der Waals surface area contributed by atoms with Gasteiger partial charge in [0.05, 0.1) is 12.7 Å². The number of ether oxygens (including phenoxy) is 1. The maximum absolute atomic E-state index is 11.1. The predicted octanol–water partition coefficient (Wildman–Crippen LogP) is 0.265. The summed E-state index contributed by atoms with van der Waals surface area (Å²) in [7, 11) is 0. The number of nitrogens with two attached hydrogens (primary N) is 1. The van der Waals surface area contributed by atoms with E-state index < -0.39 is 0 Å². The average molecular weight is 188 g/mol. The van der Waals surface area contributed by atoms with Gasteiger partial charge in [0.2, 0.25) is 5.91 Å². The lowest BCUT2D eigenvalue weighted by Gasteiger charge is -2.11. The van der Waals surface area contributed by atoms with Gasteiger partial charge in [-0.05, 0) is 20.8 Å². The Labute approximate surface area is 79.8 Å². The van der Waals surface area contributed by atoms with Crippen LogP contribution in [0.1, 0.15) is 27.2 Å². The van der Waals surface area contributed by atoms with Crippen LogP contribution in [-0.4, -0.2) is 31.2 Å². The first-order valence-electron chi connectivity index (χ1n) is 4.67. The Hall–Kier alpha value is -0.610. The Balaban J connectivity index is 3.37. The SMILES string of the molecule is CC(C)NC(=O)CCOC(C)CN. The van der Waals surface area contributed by atoms with Crippen molar-refractivity contribution in [1.29, 1.82) is 0 Å². The van der Waals surface area contributed by atoms with Crippen molar-refractivity contribution in [2.24, 2.45) is 5.73 Å². The molecule has 13 heavy (non-hydrogen) atoms. The fourth-order valence-electron chi connectivity index (χ4n) is 0.815. The lowest BCUT2D eigenvalue weighted by Crippen LogP contribution is -2.31. The van der Waals surface area contributed by atoms with E-state index in [1.165, 1.54) is 0 Å². The maximum atomic E-state index is 11.1. The molecule has 0 rings (SSSR count). The smallest absolute Gasteiger partial charge is 0.222 e. The molecule has 0 spiro atoms. The average Bonchev–Trinajstić information content (AvgIpc) is 2.02. The normalized spacial score (nSPS) is 13.0. The standard InChI is InChI=1S/C9H20N2O2/c1-7(2)11-9(12)4-5-13-8(3)6-10/h7-8H,4-6,10H2,1-3H3,(H,11,12). The minimum absolute atomic E-state index is 0.0271. The largest absolute Gasteiger partial charge is 0.377 e. The third-order valence-electron chi connectivity index (χ3n) is 1.51. The van der Waals surface area contributed by atoms with Crippen LogP contribution in [0.15, 0.2) is 0 Å². The van der Waals surface area contributed by atoms with Crippen LogP contribution in [0.25, 0.3) is 0 Å². The van der Waals surface area contributed by atoms with Gasteiger partial charge in [0.15, 0.2) is 0 Å². The highest BCUT2D eigenvalue weighted by Gasteiger charge is 2.04. The molecular formula is C9H20N2O2. The number of hydrogen-bond donors (Lipinski definition) is 2. The molecule has 78 valence electrons. The molecule has 0 aromatic rings. The van der Waals surface area contributed by atoms with Crippen molar-refractivity contribution in [3.63, 3.8) is 0 Å². The number of amides is 1. The third-order valence-corrected chi connectivity index (χ3v) is 1.51. The van der Waals surface area contributed by atoms with E-state index in [-0.39, 0.29) is 18.1 Å². The highest BCUT2D eigenvalue weighted by Crippen LogP contribution is 1.90. The number of rotatable bonds is 6. The fraction of sp³-hybridized carbons (Fsp3) is 0.889. The van der Waals surface area contributed by atoms with E-state index in [1.807, 2.05) is 20.8 Å². The molecule has 1 atom stereocenters. The molecule has 0 bridgehead atoms. The first-order valence-corrected chi connectivity index (χ1v) is 4.67. The van der Waals surface area contributed by atoms with Gasteiger partial charge < -0.3 is 15.8 Å². The molecule has 4 heteroatoms. The molecule has 0 saturated carbocycles. The van der Waals surface area contributed by atoms with Gasteiger partial charge in [0, 0.05) is 19.0 Å². The van der Waals surface area contributed by atoms with Crippen LogP contribution in [-0.2, 0) is 9.53 Å². The molecule has 0 radical (unpaired) electrons. The second-order valence-electron chi connectivity index (χ2n) is 3.39. The van der Waals surface area contributed by atoms with Gasteiger partial charge >= 0.3 is 0 Å². The van der Waals surface area contributed by atoms with Gasteiger partial charge in [-0.15, -0.1) is 0 Å². The number of carbonyl (C=O) groups excluding carboxylic acids is 1. The zero-order valence-corrected chi connectivity index (χ0v) is 8.67. The third kappa shape index (κ3) is 7.74. The van der Waals surface area contributed by atoms with Gasteiger partial charge in [0.1, 0.15) is 0 Å². The highest BCUT2D eigenvalue weighted by molar-refractivity contribution is 5.76. The van der Waals surface area contributed by atoms with Crippen molar-refractivity contribution in [1.82, 2.24) is 5.32 Å². The van der Waals surface area contributed by atoms with Crippen LogP contribution in [0.4, 0.5) is 0 Å².